The Morgan fingerprint density at radius 3 is 1.85 bits per heavy atom. The summed E-state index contributed by atoms with van der Waals surface area (Å²) in [5, 5.41) is 87.0. The Bertz CT molecular complexity index is 5340. The van der Waals surface area contributed by atoms with E-state index in [1.54, 1.807) is 68.6 Å². The summed E-state index contributed by atoms with van der Waals surface area (Å²) in [6, 6.07) is -3.01. The van der Waals surface area contributed by atoms with E-state index in [-0.39, 0.29) is 69.4 Å². The lowest BCUT2D eigenvalue weighted by Gasteiger charge is -2.36. The van der Waals surface area contributed by atoms with E-state index in [1.165, 1.54) is 68.6 Å². The molecule has 6 aromatic rings. The molecule has 45 nitrogen and oxygen atoms in total. The van der Waals surface area contributed by atoms with Gasteiger partial charge in [-0.2, -0.15) is 0 Å². The number of aromatic nitrogens is 4. The van der Waals surface area contributed by atoms with E-state index in [0.29, 0.717) is 51.3 Å². The molecule has 3 aromatic heterocycles. The van der Waals surface area contributed by atoms with Crippen molar-refractivity contribution in [1.82, 2.24) is 91.9 Å². The fourth-order valence-corrected chi connectivity index (χ4v) is 17.6. The van der Waals surface area contributed by atoms with Crippen LogP contribution in [-0.4, -0.2) is 337 Å². The number of carbonyl (C=O) groups is 19. The molecule has 9 rings (SSSR count). The van der Waals surface area contributed by atoms with Gasteiger partial charge in [-0.1, -0.05) is 88.1 Å². The summed E-state index contributed by atoms with van der Waals surface area (Å²) in [4.78, 5) is 288. The Hall–Kier alpha value is -13.9. The number of aliphatic hydroxyl groups excluding tert-OH is 2. The van der Waals surface area contributed by atoms with Crippen molar-refractivity contribution in [2.75, 3.05) is 65.4 Å². The molecule has 0 saturated carbocycles. The number of Topliss-reactive ketones (excluding diaryl/α,β-unsaturated/α-hetero) is 1. The number of unbranched alkanes of at least 4 members (excludes halogenated alkanes) is 2. The molecule has 0 aliphatic carbocycles. The molecule has 3 aliphatic rings. The van der Waals surface area contributed by atoms with Gasteiger partial charge in [0.1, 0.15) is 84.8 Å². The maximum absolute atomic E-state index is 15.8. The zero-order valence-corrected chi connectivity index (χ0v) is 77.0. The summed E-state index contributed by atoms with van der Waals surface area (Å²) >= 11 is 0.719. The summed E-state index contributed by atoms with van der Waals surface area (Å²) in [6.07, 6.45) is 0.0374. The molecule has 0 radical (unpaired) electrons. The normalized spacial score (nSPS) is 24.7. The molecule has 3 aromatic carbocycles. The van der Waals surface area contributed by atoms with Crippen LogP contribution in [0.3, 0.4) is 0 Å². The molecule has 3 fully saturated rings. The van der Waals surface area contributed by atoms with Crippen LogP contribution < -0.4 is 59.3 Å². The van der Waals surface area contributed by atoms with Crippen LogP contribution in [0.4, 0.5) is 0 Å². The maximum atomic E-state index is 15.8. The van der Waals surface area contributed by atoms with E-state index in [0.717, 1.165) is 43.3 Å². The number of carboxylic acid groups (broad SMARTS) is 3. The summed E-state index contributed by atoms with van der Waals surface area (Å²) in [6.45, 7) is 0.835. The van der Waals surface area contributed by atoms with Crippen molar-refractivity contribution in [1.29, 1.82) is 0 Å². The van der Waals surface area contributed by atoms with Gasteiger partial charge in [-0.15, -0.1) is 11.8 Å². The van der Waals surface area contributed by atoms with E-state index in [2.05, 4.69) is 62.8 Å². The number of thioether (sulfide) groups is 1. The number of aliphatic hydroxyl groups is 2. The molecule has 0 spiro atoms. The van der Waals surface area contributed by atoms with Crippen molar-refractivity contribution in [2.45, 2.75) is 221 Å². The van der Waals surface area contributed by atoms with Crippen LogP contribution in [0.15, 0.2) is 97.7 Å². The second-order valence-corrected chi connectivity index (χ2v) is 35.1. The highest BCUT2D eigenvalue weighted by Gasteiger charge is 2.47. The minimum absolute atomic E-state index is 0.0669. The van der Waals surface area contributed by atoms with Crippen LogP contribution in [0.5, 0.6) is 5.75 Å². The highest BCUT2D eigenvalue weighted by Crippen LogP contribution is 2.31. The van der Waals surface area contributed by atoms with Crippen molar-refractivity contribution in [3.05, 3.63) is 120 Å². The molecule has 136 heavy (non-hydrogen) atoms. The number of imidazole rings is 1. The Morgan fingerprint density at radius 1 is 0.581 bits per heavy atom. The summed E-state index contributed by atoms with van der Waals surface area (Å²) in [5.41, 5.74) is 13.8. The number of phenolic OH excluding ortho intramolecular Hbond substituents is 1. The number of nitrogens with two attached hydrogens (primary N) is 2. The van der Waals surface area contributed by atoms with E-state index in [9.17, 15) is 88.2 Å². The Labute approximate surface area is 785 Å². The first-order valence-electron chi connectivity index (χ1n) is 44.8. The van der Waals surface area contributed by atoms with Gasteiger partial charge in [0, 0.05) is 131 Å². The highest BCUT2D eigenvalue weighted by molar-refractivity contribution is 8.00. The summed E-state index contributed by atoms with van der Waals surface area (Å²) in [5.74, 6) is -23.4. The zero-order chi connectivity index (χ0) is 99.5. The monoisotopic (exact) mass is 1910 g/mol. The first kappa shape index (κ1) is 106. The molecule has 21 N–H and O–H groups in total. The number of hydrogen-bond acceptors (Lipinski definition) is 25. The molecule has 3 aliphatic heterocycles. The van der Waals surface area contributed by atoms with Gasteiger partial charge in [-0.25, -0.2) is 4.98 Å². The largest absolute Gasteiger partial charge is 0.508 e. The number of carboxylic acids is 3. The number of hydrogen-bond donors (Lipinski definition) is 19. The number of likely N-dealkylation sites (N-methyl/N-ethyl adjacent to an activating group) is 3. The molecular formula is C90H120N20O25S. The first-order valence-corrected chi connectivity index (χ1v) is 45.9. The SMILES string of the molecule is CCCC[C@H]1C(=O)N(C)[C@@H](CCCC)C(=O)N[C@@H](CN)C(=O)N[C@H](C(=O)NCC(N)=O)CSCC(=O)N[C@@H](Cc2ccc(O)cc2)C(=O)N(C)[C@@H](C)C(=O)N[C@@H](CC(=O)O)C(=O)N2CCC[C@H]2C(=O)N[C@@H](Cc2c[nH]cn2)C(=O)N[C@@H](CCC(=O)O)C(=O)N2C[C@H](O)C[C@H]2C(=O)C[C@@H](Cc2c[nH]c3ccccc23)C(=O)N[C@@H](CO)C(=O)N[C@@H](Cc2cn(CC(=O)O)c3ccccc23)C(=O)N1C. The van der Waals surface area contributed by atoms with Crippen LogP contribution in [0.2, 0.25) is 0 Å². The van der Waals surface area contributed by atoms with Gasteiger partial charge < -0.3 is 129 Å². The molecule has 3 saturated heterocycles. The van der Waals surface area contributed by atoms with E-state index in [4.69, 9.17) is 11.5 Å². The smallest absolute Gasteiger partial charge is 0.323 e. The number of aromatic amines is 2. The fraction of sp³-hybridized carbons (Fsp3) is 0.511. The molecule has 6 heterocycles. The minimum atomic E-state index is -1.98. The van der Waals surface area contributed by atoms with Crippen LogP contribution in [0, 0.1) is 5.92 Å². The molecule has 46 heteroatoms. The third kappa shape index (κ3) is 28.6. The number of fused-ring (bicyclic) bond motifs is 4. The minimum Gasteiger partial charge on any atom is -0.508 e. The number of nitrogens with one attached hydrogen (secondary N) is 11. The maximum Gasteiger partial charge on any atom is 0.323 e. The lowest BCUT2D eigenvalue weighted by atomic mass is 9.90. The van der Waals surface area contributed by atoms with Gasteiger partial charge in [0.05, 0.1) is 49.5 Å². The van der Waals surface area contributed by atoms with Crippen LogP contribution in [-0.2, 0) is 123 Å². The number of ketones is 1. The quantitative estimate of drug-likeness (QED) is 0.0255. The fourth-order valence-electron chi connectivity index (χ4n) is 16.8. The second-order valence-electron chi connectivity index (χ2n) is 34.1. The molecule has 0 unspecified atom stereocenters. The van der Waals surface area contributed by atoms with Gasteiger partial charge in [-0.3, -0.25) is 91.1 Å². The Kier molecular flexibility index (Phi) is 38.8. The number of aromatic hydroxyl groups is 1. The van der Waals surface area contributed by atoms with Crippen molar-refractivity contribution in [3.8, 4) is 5.75 Å². The third-order valence-corrected chi connectivity index (χ3v) is 25.3. The van der Waals surface area contributed by atoms with Gasteiger partial charge in [0.2, 0.25) is 88.6 Å². The van der Waals surface area contributed by atoms with Crippen molar-refractivity contribution >= 4 is 146 Å². The lowest BCUT2D eigenvalue weighted by Crippen LogP contribution is -2.61. The molecular weight excluding hydrogens is 1790 g/mol. The van der Waals surface area contributed by atoms with Crippen LogP contribution >= 0.6 is 11.8 Å². The molecule has 736 valence electrons. The van der Waals surface area contributed by atoms with Gasteiger partial charge >= 0.3 is 17.9 Å². The average molecular weight is 1910 g/mol. The Balaban J connectivity index is 1.11. The summed E-state index contributed by atoms with van der Waals surface area (Å²) < 4.78 is 1.39. The number of para-hydroxylation sites is 2. The van der Waals surface area contributed by atoms with Crippen LogP contribution in [0.1, 0.15) is 127 Å². The van der Waals surface area contributed by atoms with Crippen molar-refractivity contribution in [3.63, 3.8) is 0 Å². The molecule has 15 atom stereocenters. The number of nitrogens with zero attached hydrogens (tertiary/aromatic N) is 7. The summed E-state index contributed by atoms with van der Waals surface area (Å²) in [7, 11) is 3.71. The standard InChI is InChI=1S/C90H120N20O25S/c1-7-9-19-68-84(129)102-64(37-91)82(127)104-66(80(125)95-40-73(92)115)45-136-46-74(116)97-61(30-49-23-25-54(112)26-24-49)86(131)105(4)48(3)78(123)100-63(36-76(119)120)89(134)109-29-15-22-69(109)85(130)99-60(34-53-39-93-47-96-53)81(126)98-59(27-28-75(117)118)88(133)110-42-55(113)35-71(110)72(114)33-50(31-51-38-94-58-18-13-11-16-56(51)58)79(124)103-65(44-111)83(128)101-62(87(132)107(6)70(20-10-8-2)90(135)106(68)5)32-52-41-108(43-77(121)122)67-21-14-12-17-57(52)67/h11-14,16-18,21,23-26,38-39,41,47-48,50,55,59-66,68-71,94,111-113H,7-10,15,19-20,22,27-37,40,42-46,91H2,1-6H3,(H2,92,115)(H,93,96)(H,95,125)(H,97,116)(H,98,126)(H,99,130)(H,100,123)(H,101,128)(H,102,129)(H,103,124)(H,104,127)(H,117,118)(H,119,120)(H,121,122)/t48-,50+,55+,59-,60-,61-,62-,63-,64-,65-,66-,68-,69-,70-,71-/m0/s1. The molecule has 15 amide bonds. The van der Waals surface area contributed by atoms with Gasteiger partial charge in [0.15, 0.2) is 5.78 Å². The number of primary amides is 1. The van der Waals surface area contributed by atoms with Gasteiger partial charge in [0.25, 0.3) is 0 Å². The number of carbonyl (C=O) groups excluding carboxylic acids is 16. The average Bonchev–Trinajstić information content (AvgIpc) is 1.65. The number of phenols is 1. The van der Waals surface area contributed by atoms with E-state index in [1.807, 2.05) is 0 Å². The predicted octanol–water partition coefficient (Wildman–Crippen LogP) is -3.17. The van der Waals surface area contributed by atoms with E-state index < -0.39 is 292 Å². The number of rotatable bonds is 26. The van der Waals surface area contributed by atoms with Crippen molar-refractivity contribution < 1.29 is 122 Å². The lowest BCUT2D eigenvalue weighted by molar-refractivity contribution is -0.149. The number of H-pyrrole nitrogens is 2. The second kappa shape index (κ2) is 49.9. The van der Waals surface area contributed by atoms with Crippen molar-refractivity contribution in [2.24, 2.45) is 17.4 Å². The zero-order valence-electron chi connectivity index (χ0n) is 76.2. The highest BCUT2D eigenvalue weighted by atomic mass is 32.2. The number of aliphatic carboxylic acids is 3. The van der Waals surface area contributed by atoms with Crippen LogP contribution in [0.25, 0.3) is 21.8 Å². The topological polar surface area (TPSA) is 672 Å². The number of amides is 15. The first-order chi connectivity index (χ1) is 64.7. The third-order valence-electron chi connectivity index (χ3n) is 24.3. The Morgan fingerprint density at radius 2 is 1.19 bits per heavy atom. The van der Waals surface area contributed by atoms with Gasteiger partial charge in [-0.05, 0) is 86.4 Å². The molecule has 0 bridgehead atoms. The number of benzene rings is 3. The van der Waals surface area contributed by atoms with E-state index >= 15 is 33.6 Å². The predicted molar refractivity (Wildman–Crippen MR) is 488 cm³/mol.